The molecular weight excluding hydrogens is 316 g/mol. The molecule has 0 bridgehead atoms. The van der Waals surface area contributed by atoms with Crippen LogP contribution in [-0.2, 0) is 0 Å². The van der Waals surface area contributed by atoms with Gasteiger partial charge in [0, 0.05) is 28.8 Å². The van der Waals surface area contributed by atoms with E-state index in [1.54, 1.807) is 0 Å². The molecule has 1 aromatic carbocycles. The van der Waals surface area contributed by atoms with Crippen LogP contribution in [0.2, 0.25) is 0 Å². The number of halogens is 1. The second-order valence-corrected chi connectivity index (χ2v) is 6.31. The average Bonchev–Trinajstić information content (AvgIpc) is 2.42. The van der Waals surface area contributed by atoms with Crippen LogP contribution in [0.15, 0.2) is 22.7 Å². The minimum absolute atomic E-state index is 0.171. The molecule has 0 saturated carbocycles. The van der Waals surface area contributed by atoms with Gasteiger partial charge in [-0.3, -0.25) is 0 Å². The fraction of sp³-hybridized carbons (Fsp3) is 0.625. The first-order valence-electron chi connectivity index (χ1n) is 7.41. The van der Waals surface area contributed by atoms with Gasteiger partial charge in [0.25, 0.3) is 0 Å². The van der Waals surface area contributed by atoms with Crippen molar-refractivity contribution in [1.29, 1.82) is 0 Å². The number of rotatable bonds is 8. The molecule has 3 nitrogen and oxygen atoms in total. The molecule has 0 aromatic heterocycles. The quantitative estimate of drug-likeness (QED) is 0.755. The Kier molecular flexibility index (Phi) is 7.56. The lowest BCUT2D eigenvalue weighted by Crippen LogP contribution is -2.35. The average molecular weight is 343 g/mol. The standard InChI is InChI=1S/C16H27BrN2O/c1-5-8-18-13(4)15-11-14(17)6-7-16(15)19(9-10-20)12(2)3/h6-7,11-13,18,20H,5,8-10H2,1-4H3. The van der Waals surface area contributed by atoms with Crippen molar-refractivity contribution in [3.8, 4) is 0 Å². The molecule has 0 spiro atoms. The molecule has 0 aliphatic carbocycles. The highest BCUT2D eigenvalue weighted by Crippen LogP contribution is 2.30. The molecule has 2 N–H and O–H groups in total. The van der Waals surface area contributed by atoms with Crippen molar-refractivity contribution in [2.24, 2.45) is 0 Å². The molecule has 0 aliphatic heterocycles. The predicted molar refractivity (Wildman–Crippen MR) is 90.4 cm³/mol. The predicted octanol–water partition coefficient (Wildman–Crippen LogP) is 3.72. The van der Waals surface area contributed by atoms with Crippen molar-refractivity contribution in [3.63, 3.8) is 0 Å². The van der Waals surface area contributed by atoms with Crippen molar-refractivity contribution < 1.29 is 5.11 Å². The molecule has 114 valence electrons. The third-order valence-corrected chi connectivity index (χ3v) is 3.92. The number of aliphatic hydroxyl groups is 1. The molecule has 0 fully saturated rings. The van der Waals surface area contributed by atoms with Crippen LogP contribution in [0.25, 0.3) is 0 Å². The van der Waals surface area contributed by atoms with Gasteiger partial charge in [-0.2, -0.15) is 0 Å². The van der Waals surface area contributed by atoms with Gasteiger partial charge in [-0.05, 0) is 57.5 Å². The minimum Gasteiger partial charge on any atom is -0.395 e. The molecular formula is C16H27BrN2O. The number of hydrogen-bond acceptors (Lipinski definition) is 3. The van der Waals surface area contributed by atoms with E-state index in [0.717, 1.165) is 17.4 Å². The number of nitrogens with zero attached hydrogens (tertiary/aromatic N) is 1. The van der Waals surface area contributed by atoms with Crippen molar-refractivity contribution >= 4 is 21.6 Å². The molecule has 0 heterocycles. The fourth-order valence-corrected chi connectivity index (χ4v) is 2.75. The van der Waals surface area contributed by atoms with Crippen molar-refractivity contribution in [3.05, 3.63) is 28.2 Å². The number of aliphatic hydroxyl groups excluding tert-OH is 1. The summed E-state index contributed by atoms with van der Waals surface area (Å²) in [7, 11) is 0. The number of benzene rings is 1. The zero-order chi connectivity index (χ0) is 15.1. The Balaban J connectivity index is 3.10. The van der Waals surface area contributed by atoms with Gasteiger partial charge < -0.3 is 15.3 Å². The summed E-state index contributed by atoms with van der Waals surface area (Å²) in [5.41, 5.74) is 2.48. The number of hydrogen-bond donors (Lipinski definition) is 2. The van der Waals surface area contributed by atoms with Crippen molar-refractivity contribution in [2.75, 3.05) is 24.6 Å². The van der Waals surface area contributed by atoms with Crippen LogP contribution in [-0.4, -0.2) is 30.8 Å². The smallest absolute Gasteiger partial charge is 0.0606 e. The Morgan fingerprint density at radius 1 is 1.30 bits per heavy atom. The van der Waals surface area contributed by atoms with Crippen LogP contribution < -0.4 is 10.2 Å². The van der Waals surface area contributed by atoms with Crippen molar-refractivity contribution in [2.45, 2.75) is 46.2 Å². The van der Waals surface area contributed by atoms with E-state index >= 15 is 0 Å². The van der Waals surface area contributed by atoms with E-state index in [-0.39, 0.29) is 6.61 Å². The van der Waals surface area contributed by atoms with Crippen LogP contribution in [0, 0.1) is 0 Å². The van der Waals surface area contributed by atoms with Crippen LogP contribution in [0.4, 0.5) is 5.69 Å². The van der Waals surface area contributed by atoms with Gasteiger partial charge >= 0.3 is 0 Å². The fourth-order valence-electron chi connectivity index (χ4n) is 2.37. The molecule has 1 atom stereocenters. The van der Waals surface area contributed by atoms with E-state index < -0.39 is 0 Å². The number of nitrogens with one attached hydrogen (secondary N) is 1. The molecule has 20 heavy (non-hydrogen) atoms. The van der Waals surface area contributed by atoms with Gasteiger partial charge in [-0.25, -0.2) is 0 Å². The third kappa shape index (κ3) is 4.76. The maximum absolute atomic E-state index is 9.31. The summed E-state index contributed by atoms with van der Waals surface area (Å²) in [6, 6.07) is 7.04. The zero-order valence-corrected chi connectivity index (χ0v) is 14.6. The Hall–Kier alpha value is -0.580. The lowest BCUT2D eigenvalue weighted by atomic mass is 10.0. The highest BCUT2D eigenvalue weighted by atomic mass is 79.9. The highest BCUT2D eigenvalue weighted by Gasteiger charge is 2.17. The first-order chi connectivity index (χ1) is 9.51. The summed E-state index contributed by atoms with van der Waals surface area (Å²) in [6.07, 6.45) is 1.12. The molecule has 0 radical (unpaired) electrons. The summed E-state index contributed by atoms with van der Waals surface area (Å²) in [5.74, 6) is 0. The first-order valence-corrected chi connectivity index (χ1v) is 8.20. The Morgan fingerprint density at radius 2 is 2.00 bits per heavy atom. The summed E-state index contributed by atoms with van der Waals surface area (Å²) >= 11 is 3.56. The SMILES string of the molecule is CCCNC(C)c1cc(Br)ccc1N(CCO)C(C)C. The van der Waals surface area contributed by atoms with Gasteiger partial charge in [0.15, 0.2) is 0 Å². The van der Waals surface area contributed by atoms with E-state index in [0.29, 0.717) is 18.6 Å². The molecule has 0 aliphatic rings. The summed E-state index contributed by atoms with van der Waals surface area (Å²) in [4.78, 5) is 2.26. The second kappa shape index (κ2) is 8.65. The van der Waals surface area contributed by atoms with Gasteiger partial charge in [-0.15, -0.1) is 0 Å². The normalized spacial score (nSPS) is 12.8. The summed E-state index contributed by atoms with van der Waals surface area (Å²) < 4.78 is 1.09. The Morgan fingerprint density at radius 3 is 2.55 bits per heavy atom. The van der Waals surface area contributed by atoms with Crippen molar-refractivity contribution in [1.82, 2.24) is 5.32 Å². The first kappa shape index (κ1) is 17.5. The van der Waals surface area contributed by atoms with Crippen LogP contribution >= 0.6 is 15.9 Å². The van der Waals surface area contributed by atoms with Gasteiger partial charge in [0.05, 0.1) is 6.61 Å². The molecule has 0 amide bonds. The highest BCUT2D eigenvalue weighted by molar-refractivity contribution is 9.10. The van der Waals surface area contributed by atoms with Gasteiger partial charge in [0.1, 0.15) is 0 Å². The van der Waals surface area contributed by atoms with Crippen LogP contribution in [0.3, 0.4) is 0 Å². The van der Waals surface area contributed by atoms with E-state index in [4.69, 9.17) is 0 Å². The Bertz CT molecular complexity index is 409. The van der Waals surface area contributed by atoms with E-state index in [1.807, 2.05) is 0 Å². The lowest BCUT2D eigenvalue weighted by molar-refractivity contribution is 0.299. The molecule has 4 heteroatoms. The molecule has 0 saturated heterocycles. The lowest BCUT2D eigenvalue weighted by Gasteiger charge is -2.32. The topological polar surface area (TPSA) is 35.5 Å². The van der Waals surface area contributed by atoms with Crippen LogP contribution in [0.5, 0.6) is 0 Å². The van der Waals surface area contributed by atoms with Crippen LogP contribution in [0.1, 0.15) is 45.7 Å². The minimum atomic E-state index is 0.171. The van der Waals surface area contributed by atoms with Gasteiger partial charge in [0.2, 0.25) is 0 Å². The van der Waals surface area contributed by atoms with Gasteiger partial charge in [-0.1, -0.05) is 22.9 Å². The summed E-state index contributed by atoms with van der Waals surface area (Å²) in [5, 5.41) is 12.8. The maximum Gasteiger partial charge on any atom is 0.0606 e. The second-order valence-electron chi connectivity index (χ2n) is 5.39. The van der Waals surface area contributed by atoms with E-state index in [1.165, 1.54) is 11.3 Å². The summed E-state index contributed by atoms with van der Waals surface area (Å²) in [6.45, 7) is 10.5. The molecule has 1 aromatic rings. The number of anilines is 1. The van der Waals surface area contributed by atoms with E-state index in [9.17, 15) is 5.11 Å². The monoisotopic (exact) mass is 342 g/mol. The zero-order valence-electron chi connectivity index (χ0n) is 13.0. The molecule has 1 rings (SSSR count). The Labute approximate surface area is 131 Å². The molecule has 1 unspecified atom stereocenters. The largest absolute Gasteiger partial charge is 0.395 e. The maximum atomic E-state index is 9.31. The van der Waals surface area contributed by atoms with E-state index in [2.05, 4.69) is 72.0 Å². The third-order valence-electron chi connectivity index (χ3n) is 3.43.